The second-order valence-corrected chi connectivity index (χ2v) is 3.50. The summed E-state index contributed by atoms with van der Waals surface area (Å²) in [5.74, 6) is 0. The average Bonchev–Trinajstić information content (AvgIpc) is 2.55. The van der Waals surface area contributed by atoms with Gasteiger partial charge < -0.3 is 4.98 Å². The molecule has 0 amide bonds. The van der Waals surface area contributed by atoms with Crippen LogP contribution >= 0.6 is 24.2 Å². The Morgan fingerprint density at radius 1 is 1.55 bits per heavy atom. The second kappa shape index (κ2) is 2.71. The Balaban J connectivity index is 2.45. The molecule has 56 valence electrons. The molecule has 0 aliphatic carbocycles. The molecule has 0 unspecified atom stereocenters. The SMILES string of the molecule is Sc1c[nH]c(-c2ccns2)c1. The van der Waals surface area contributed by atoms with E-state index in [2.05, 4.69) is 22.0 Å². The molecule has 0 atom stereocenters. The van der Waals surface area contributed by atoms with E-state index in [1.54, 1.807) is 6.20 Å². The smallest absolute Gasteiger partial charge is 0.0712 e. The van der Waals surface area contributed by atoms with Gasteiger partial charge in [-0.05, 0) is 23.7 Å². The van der Waals surface area contributed by atoms with Crippen LogP contribution in [0.3, 0.4) is 0 Å². The fourth-order valence-corrected chi connectivity index (χ4v) is 1.65. The Bertz CT molecular complexity index is 337. The van der Waals surface area contributed by atoms with Crippen LogP contribution in [0.1, 0.15) is 0 Å². The highest BCUT2D eigenvalue weighted by Gasteiger charge is 1.99. The number of aromatic nitrogens is 2. The van der Waals surface area contributed by atoms with Crippen LogP contribution < -0.4 is 0 Å². The molecule has 0 radical (unpaired) electrons. The molecule has 0 saturated carbocycles. The van der Waals surface area contributed by atoms with E-state index in [0.717, 1.165) is 15.5 Å². The minimum absolute atomic E-state index is 0.952. The first-order valence-corrected chi connectivity index (χ1v) is 4.37. The summed E-state index contributed by atoms with van der Waals surface area (Å²) < 4.78 is 4.00. The Morgan fingerprint density at radius 2 is 2.45 bits per heavy atom. The van der Waals surface area contributed by atoms with Crippen LogP contribution in [0.15, 0.2) is 29.4 Å². The molecule has 11 heavy (non-hydrogen) atoms. The number of hydrogen-bond donors (Lipinski definition) is 2. The molecule has 2 aromatic heterocycles. The van der Waals surface area contributed by atoms with Gasteiger partial charge in [-0.15, -0.1) is 12.6 Å². The van der Waals surface area contributed by atoms with Crippen LogP contribution in [0.25, 0.3) is 10.6 Å². The molecular formula is C7H6N2S2. The van der Waals surface area contributed by atoms with Crippen molar-refractivity contribution in [3.63, 3.8) is 0 Å². The normalized spacial score (nSPS) is 10.3. The van der Waals surface area contributed by atoms with E-state index in [1.807, 2.05) is 18.3 Å². The van der Waals surface area contributed by atoms with Gasteiger partial charge in [-0.1, -0.05) is 0 Å². The van der Waals surface area contributed by atoms with E-state index in [9.17, 15) is 0 Å². The average molecular weight is 182 g/mol. The van der Waals surface area contributed by atoms with E-state index in [-0.39, 0.29) is 0 Å². The standard InChI is InChI=1S/C7H6N2S2/c10-5-3-6(8-4-5)7-1-2-9-11-7/h1-4,8,10H. The lowest BCUT2D eigenvalue weighted by Gasteiger charge is -1.85. The van der Waals surface area contributed by atoms with E-state index >= 15 is 0 Å². The fraction of sp³-hybridized carbons (Fsp3) is 0. The molecule has 0 spiro atoms. The van der Waals surface area contributed by atoms with Crippen LogP contribution in [-0.4, -0.2) is 9.36 Å². The van der Waals surface area contributed by atoms with Crippen molar-refractivity contribution in [3.05, 3.63) is 24.5 Å². The summed E-state index contributed by atoms with van der Waals surface area (Å²) >= 11 is 5.66. The van der Waals surface area contributed by atoms with Gasteiger partial charge in [0.05, 0.1) is 10.6 Å². The van der Waals surface area contributed by atoms with Crippen molar-refractivity contribution in [2.75, 3.05) is 0 Å². The molecule has 0 saturated heterocycles. The van der Waals surface area contributed by atoms with Gasteiger partial charge in [0.1, 0.15) is 0 Å². The maximum atomic E-state index is 4.19. The first-order chi connectivity index (χ1) is 5.36. The van der Waals surface area contributed by atoms with E-state index in [4.69, 9.17) is 0 Å². The Labute approximate surface area is 73.9 Å². The van der Waals surface area contributed by atoms with E-state index in [0.29, 0.717) is 0 Å². The lowest BCUT2D eigenvalue weighted by Crippen LogP contribution is -1.65. The predicted molar refractivity (Wildman–Crippen MR) is 49.2 cm³/mol. The summed E-state index contributed by atoms with van der Waals surface area (Å²) in [6.45, 7) is 0. The number of thiol groups is 1. The highest BCUT2D eigenvalue weighted by molar-refractivity contribution is 7.80. The van der Waals surface area contributed by atoms with Crippen molar-refractivity contribution >= 4 is 24.2 Å². The summed E-state index contributed by atoms with van der Waals surface area (Å²) in [5, 5.41) is 0. The van der Waals surface area contributed by atoms with Crippen molar-refractivity contribution in [1.82, 2.24) is 9.36 Å². The number of rotatable bonds is 1. The molecule has 2 aromatic rings. The van der Waals surface area contributed by atoms with Crippen molar-refractivity contribution < 1.29 is 0 Å². The minimum Gasteiger partial charge on any atom is -0.359 e. The van der Waals surface area contributed by atoms with E-state index in [1.165, 1.54) is 11.5 Å². The maximum absolute atomic E-state index is 4.19. The predicted octanol–water partition coefficient (Wildman–Crippen LogP) is 2.43. The molecule has 1 N–H and O–H groups in total. The Hall–Kier alpha value is -0.740. The van der Waals surface area contributed by atoms with Gasteiger partial charge in [0.15, 0.2) is 0 Å². The zero-order chi connectivity index (χ0) is 7.68. The third kappa shape index (κ3) is 1.32. The van der Waals surface area contributed by atoms with Gasteiger partial charge in [0.25, 0.3) is 0 Å². The molecule has 2 nitrogen and oxygen atoms in total. The third-order valence-electron chi connectivity index (χ3n) is 1.37. The Kier molecular flexibility index (Phi) is 1.71. The number of nitrogens with zero attached hydrogens (tertiary/aromatic N) is 1. The second-order valence-electron chi connectivity index (χ2n) is 2.15. The number of aromatic amines is 1. The highest BCUT2D eigenvalue weighted by Crippen LogP contribution is 2.22. The van der Waals surface area contributed by atoms with Crippen LogP contribution in [0.5, 0.6) is 0 Å². The van der Waals surface area contributed by atoms with Crippen LogP contribution in [-0.2, 0) is 0 Å². The first kappa shape index (κ1) is 6.94. The first-order valence-electron chi connectivity index (χ1n) is 3.15. The van der Waals surface area contributed by atoms with Gasteiger partial charge in [-0.2, -0.15) is 0 Å². The van der Waals surface area contributed by atoms with E-state index < -0.39 is 0 Å². The van der Waals surface area contributed by atoms with Gasteiger partial charge >= 0.3 is 0 Å². The molecule has 2 rings (SSSR count). The van der Waals surface area contributed by atoms with Gasteiger partial charge in [0.2, 0.25) is 0 Å². The molecule has 0 fully saturated rings. The fourth-order valence-electron chi connectivity index (χ4n) is 0.880. The zero-order valence-electron chi connectivity index (χ0n) is 5.61. The topological polar surface area (TPSA) is 28.7 Å². The summed E-state index contributed by atoms with van der Waals surface area (Å²) in [6, 6.07) is 3.96. The number of hydrogen-bond acceptors (Lipinski definition) is 3. The summed E-state index contributed by atoms with van der Waals surface area (Å²) in [6.07, 6.45) is 3.65. The monoisotopic (exact) mass is 182 g/mol. The molecule has 2 heterocycles. The van der Waals surface area contributed by atoms with Crippen LogP contribution in [0.4, 0.5) is 0 Å². The van der Waals surface area contributed by atoms with Crippen molar-refractivity contribution in [1.29, 1.82) is 0 Å². The molecule has 0 aliphatic rings. The van der Waals surface area contributed by atoms with Gasteiger partial charge in [0, 0.05) is 17.3 Å². The molecule has 4 heteroatoms. The van der Waals surface area contributed by atoms with Gasteiger partial charge in [-0.25, -0.2) is 4.37 Å². The summed E-state index contributed by atoms with van der Waals surface area (Å²) in [4.78, 5) is 5.20. The van der Waals surface area contributed by atoms with Crippen molar-refractivity contribution in [2.45, 2.75) is 4.90 Å². The molecule has 0 aliphatic heterocycles. The quantitative estimate of drug-likeness (QED) is 0.651. The third-order valence-corrected chi connectivity index (χ3v) is 2.41. The molecular weight excluding hydrogens is 176 g/mol. The van der Waals surface area contributed by atoms with Crippen LogP contribution in [0, 0.1) is 0 Å². The largest absolute Gasteiger partial charge is 0.359 e. The lowest BCUT2D eigenvalue weighted by atomic mass is 10.4. The minimum atomic E-state index is 0.952. The molecule has 0 aromatic carbocycles. The number of H-pyrrole nitrogens is 1. The van der Waals surface area contributed by atoms with Crippen LogP contribution in [0.2, 0.25) is 0 Å². The zero-order valence-corrected chi connectivity index (χ0v) is 7.32. The summed E-state index contributed by atoms with van der Waals surface area (Å²) in [7, 11) is 0. The number of nitrogens with one attached hydrogen (secondary N) is 1. The summed E-state index contributed by atoms with van der Waals surface area (Å²) in [5.41, 5.74) is 1.08. The Morgan fingerprint density at radius 3 is 3.00 bits per heavy atom. The van der Waals surface area contributed by atoms with Crippen molar-refractivity contribution in [3.8, 4) is 10.6 Å². The lowest BCUT2D eigenvalue weighted by molar-refractivity contribution is 1.39. The maximum Gasteiger partial charge on any atom is 0.0712 e. The molecule has 0 bridgehead atoms. The highest BCUT2D eigenvalue weighted by atomic mass is 32.1. The van der Waals surface area contributed by atoms with Crippen molar-refractivity contribution in [2.24, 2.45) is 0 Å². The van der Waals surface area contributed by atoms with Gasteiger partial charge in [-0.3, -0.25) is 0 Å².